The molecule has 1 heterocycles. The van der Waals surface area contributed by atoms with Gasteiger partial charge in [0.2, 0.25) is 0 Å². The van der Waals surface area contributed by atoms with Crippen molar-refractivity contribution < 1.29 is 4.39 Å². The molecule has 0 saturated carbocycles. The summed E-state index contributed by atoms with van der Waals surface area (Å²) in [5.41, 5.74) is 2.61. The number of aryl methyl sites for hydroxylation is 1. The fraction of sp³-hybridized carbons (Fsp3) is 0.409. The number of halogens is 1. The third-order valence-corrected chi connectivity index (χ3v) is 4.75. The number of fused-ring (bicyclic) bond motifs is 1. The Morgan fingerprint density at radius 2 is 1.52 bits per heavy atom. The van der Waals surface area contributed by atoms with E-state index in [-0.39, 0.29) is 5.82 Å². The highest BCUT2D eigenvalue weighted by atomic mass is 19.1. The molecule has 3 rings (SSSR count). The lowest BCUT2D eigenvalue weighted by molar-refractivity contribution is 0.555. The Morgan fingerprint density at radius 3 is 2.32 bits per heavy atom. The van der Waals surface area contributed by atoms with E-state index in [0.717, 1.165) is 29.8 Å². The summed E-state index contributed by atoms with van der Waals surface area (Å²) in [7, 11) is 0. The van der Waals surface area contributed by atoms with Gasteiger partial charge in [0.25, 0.3) is 0 Å². The van der Waals surface area contributed by atoms with Crippen molar-refractivity contribution in [2.45, 2.75) is 58.4 Å². The first-order valence-corrected chi connectivity index (χ1v) is 9.51. The highest BCUT2D eigenvalue weighted by molar-refractivity contribution is 5.80. The fourth-order valence-corrected chi connectivity index (χ4v) is 3.38. The smallest absolute Gasteiger partial charge is 0.144 e. The van der Waals surface area contributed by atoms with Gasteiger partial charge in [0, 0.05) is 6.54 Å². The van der Waals surface area contributed by atoms with Crippen LogP contribution in [0.3, 0.4) is 0 Å². The van der Waals surface area contributed by atoms with E-state index in [9.17, 15) is 4.39 Å². The van der Waals surface area contributed by atoms with Crippen molar-refractivity contribution in [2.75, 3.05) is 0 Å². The zero-order chi connectivity index (χ0) is 17.5. The first kappa shape index (κ1) is 17.7. The monoisotopic (exact) mass is 338 g/mol. The van der Waals surface area contributed by atoms with E-state index in [2.05, 4.69) is 17.6 Å². The molecular weight excluding hydrogens is 311 g/mol. The Balaban J connectivity index is 1.76. The van der Waals surface area contributed by atoms with Crippen LogP contribution in [0.1, 0.15) is 51.9 Å². The minimum Gasteiger partial charge on any atom is -0.324 e. The Hall–Kier alpha value is -2.16. The summed E-state index contributed by atoms with van der Waals surface area (Å²) in [5, 5.41) is 0. The van der Waals surface area contributed by atoms with Gasteiger partial charge in [-0.15, -0.1) is 0 Å². The SMILES string of the molecule is CCCCCCCCCn1c(-c2ccccc2F)nc2ccccc21. The van der Waals surface area contributed by atoms with Gasteiger partial charge in [-0.1, -0.05) is 69.7 Å². The molecular formula is C22H27FN2. The first-order valence-electron chi connectivity index (χ1n) is 9.51. The lowest BCUT2D eigenvalue weighted by atomic mass is 10.1. The molecule has 3 heteroatoms. The van der Waals surface area contributed by atoms with E-state index in [1.807, 2.05) is 30.3 Å². The molecule has 1 aromatic heterocycles. The number of para-hydroxylation sites is 2. The summed E-state index contributed by atoms with van der Waals surface area (Å²) < 4.78 is 16.5. The Kier molecular flexibility index (Phi) is 6.21. The lowest BCUT2D eigenvalue weighted by Gasteiger charge is -2.10. The number of nitrogens with zero attached hydrogens (tertiary/aromatic N) is 2. The average Bonchev–Trinajstić information content (AvgIpc) is 3.00. The molecule has 25 heavy (non-hydrogen) atoms. The number of benzene rings is 2. The molecule has 0 aliphatic rings. The van der Waals surface area contributed by atoms with Crippen LogP contribution in [0.15, 0.2) is 48.5 Å². The maximum Gasteiger partial charge on any atom is 0.144 e. The average molecular weight is 338 g/mol. The van der Waals surface area contributed by atoms with E-state index >= 15 is 0 Å². The molecule has 0 spiro atoms. The quantitative estimate of drug-likeness (QED) is 0.402. The molecule has 0 aliphatic heterocycles. The maximum absolute atomic E-state index is 14.3. The molecule has 0 aliphatic carbocycles. The van der Waals surface area contributed by atoms with Gasteiger partial charge < -0.3 is 4.57 Å². The predicted octanol–water partition coefficient (Wildman–Crippen LogP) is 6.59. The third kappa shape index (κ3) is 4.28. The molecule has 3 aromatic rings. The number of aromatic nitrogens is 2. The zero-order valence-corrected chi connectivity index (χ0v) is 15.0. The van der Waals surface area contributed by atoms with Crippen molar-refractivity contribution in [2.24, 2.45) is 0 Å². The van der Waals surface area contributed by atoms with Gasteiger partial charge in [-0.05, 0) is 30.7 Å². The van der Waals surface area contributed by atoms with Crippen LogP contribution in [0.5, 0.6) is 0 Å². The van der Waals surface area contributed by atoms with Gasteiger partial charge in [0.05, 0.1) is 16.6 Å². The molecule has 0 unspecified atom stereocenters. The van der Waals surface area contributed by atoms with Crippen molar-refractivity contribution in [3.8, 4) is 11.4 Å². The Labute approximate surface area is 149 Å². The van der Waals surface area contributed by atoms with Crippen LogP contribution in [-0.4, -0.2) is 9.55 Å². The van der Waals surface area contributed by atoms with Crippen LogP contribution in [0, 0.1) is 5.82 Å². The van der Waals surface area contributed by atoms with Crippen molar-refractivity contribution in [3.63, 3.8) is 0 Å². The van der Waals surface area contributed by atoms with E-state index in [0.29, 0.717) is 5.56 Å². The molecule has 0 saturated heterocycles. The standard InChI is InChI=1S/C22H27FN2/c1-2-3-4-5-6-7-12-17-25-21-16-11-10-15-20(21)24-22(25)18-13-8-9-14-19(18)23/h8-11,13-16H,2-7,12,17H2,1H3. The second-order valence-electron chi connectivity index (χ2n) is 6.68. The Morgan fingerprint density at radius 1 is 0.840 bits per heavy atom. The molecule has 0 atom stereocenters. The third-order valence-electron chi connectivity index (χ3n) is 4.75. The van der Waals surface area contributed by atoms with Crippen LogP contribution in [-0.2, 0) is 6.54 Å². The summed E-state index contributed by atoms with van der Waals surface area (Å²) in [4.78, 5) is 4.71. The minimum atomic E-state index is -0.210. The molecule has 0 radical (unpaired) electrons. The molecule has 132 valence electrons. The van der Waals surface area contributed by atoms with Gasteiger partial charge in [-0.25, -0.2) is 9.37 Å². The summed E-state index contributed by atoms with van der Waals surface area (Å²) in [6.07, 6.45) is 8.88. The van der Waals surface area contributed by atoms with Gasteiger partial charge in [0.15, 0.2) is 0 Å². The second kappa shape index (κ2) is 8.80. The van der Waals surface area contributed by atoms with Crippen molar-refractivity contribution in [3.05, 3.63) is 54.3 Å². The maximum atomic E-state index is 14.3. The first-order chi connectivity index (χ1) is 12.3. The number of unbranched alkanes of at least 4 members (excludes halogenated alkanes) is 6. The van der Waals surface area contributed by atoms with Gasteiger partial charge in [-0.2, -0.15) is 0 Å². The molecule has 0 bridgehead atoms. The summed E-state index contributed by atoms with van der Waals surface area (Å²) in [6, 6.07) is 15.0. The summed E-state index contributed by atoms with van der Waals surface area (Å²) in [6.45, 7) is 3.13. The Bertz CT molecular complexity index is 807. The minimum absolute atomic E-state index is 0.210. The molecule has 0 N–H and O–H groups in total. The predicted molar refractivity (Wildman–Crippen MR) is 103 cm³/mol. The van der Waals surface area contributed by atoms with E-state index in [4.69, 9.17) is 4.98 Å². The van der Waals surface area contributed by atoms with E-state index in [1.165, 1.54) is 44.6 Å². The normalized spacial score (nSPS) is 11.3. The van der Waals surface area contributed by atoms with E-state index < -0.39 is 0 Å². The number of imidazole rings is 1. The zero-order valence-electron chi connectivity index (χ0n) is 15.0. The molecule has 0 fully saturated rings. The lowest BCUT2D eigenvalue weighted by Crippen LogP contribution is -2.02. The summed E-state index contributed by atoms with van der Waals surface area (Å²) in [5.74, 6) is 0.531. The van der Waals surface area contributed by atoms with Crippen LogP contribution >= 0.6 is 0 Å². The topological polar surface area (TPSA) is 17.8 Å². The highest BCUT2D eigenvalue weighted by Crippen LogP contribution is 2.27. The van der Waals surface area contributed by atoms with Crippen LogP contribution in [0.25, 0.3) is 22.4 Å². The van der Waals surface area contributed by atoms with Crippen molar-refractivity contribution >= 4 is 11.0 Å². The number of hydrogen-bond donors (Lipinski definition) is 0. The van der Waals surface area contributed by atoms with Gasteiger partial charge >= 0.3 is 0 Å². The second-order valence-corrected chi connectivity index (χ2v) is 6.68. The molecule has 0 amide bonds. The van der Waals surface area contributed by atoms with Crippen LogP contribution in [0.4, 0.5) is 4.39 Å². The summed E-state index contributed by atoms with van der Waals surface area (Å²) >= 11 is 0. The fourth-order valence-electron chi connectivity index (χ4n) is 3.38. The molecule has 2 nitrogen and oxygen atoms in total. The van der Waals surface area contributed by atoms with Gasteiger partial charge in [-0.3, -0.25) is 0 Å². The van der Waals surface area contributed by atoms with E-state index in [1.54, 1.807) is 6.07 Å². The van der Waals surface area contributed by atoms with Crippen molar-refractivity contribution in [1.82, 2.24) is 9.55 Å². The van der Waals surface area contributed by atoms with Gasteiger partial charge in [0.1, 0.15) is 11.6 Å². The number of rotatable bonds is 9. The van der Waals surface area contributed by atoms with Crippen LogP contribution < -0.4 is 0 Å². The molecule has 2 aromatic carbocycles. The number of hydrogen-bond acceptors (Lipinski definition) is 1. The van der Waals surface area contributed by atoms with Crippen LogP contribution in [0.2, 0.25) is 0 Å². The highest BCUT2D eigenvalue weighted by Gasteiger charge is 2.14. The largest absolute Gasteiger partial charge is 0.324 e. The van der Waals surface area contributed by atoms with Crippen molar-refractivity contribution in [1.29, 1.82) is 0 Å².